The lowest BCUT2D eigenvalue weighted by Crippen LogP contribution is -2.16. The van der Waals surface area contributed by atoms with Crippen molar-refractivity contribution >= 4 is 27.3 Å². The van der Waals surface area contributed by atoms with Crippen LogP contribution in [-0.2, 0) is 22.5 Å². The van der Waals surface area contributed by atoms with Crippen molar-refractivity contribution in [2.45, 2.75) is 31.1 Å². The highest BCUT2D eigenvalue weighted by Gasteiger charge is 2.23. The van der Waals surface area contributed by atoms with Gasteiger partial charge >= 0.3 is 0 Å². The second-order valence-corrected chi connectivity index (χ2v) is 10.3. The Balaban J connectivity index is 1.72. The Hall–Kier alpha value is -3.24. The van der Waals surface area contributed by atoms with Crippen LogP contribution in [0.25, 0.3) is 23.1 Å². The van der Waals surface area contributed by atoms with Crippen LogP contribution in [0.1, 0.15) is 26.3 Å². The fourth-order valence-corrected chi connectivity index (χ4v) is 4.33. The number of sulfonamides is 1. The van der Waals surface area contributed by atoms with E-state index in [0.29, 0.717) is 17.4 Å². The molecule has 1 aromatic carbocycles. The highest BCUT2D eigenvalue weighted by molar-refractivity contribution is 7.92. The maximum Gasteiger partial charge on any atom is 0.261 e. The SMILES string of the molecule is Cn1c(-c2ccno2)nnc1-c1ncc(Cl)cc1NS(=O)(=O)c1ccc(C(C)(C)C)cc1. The summed E-state index contributed by atoms with van der Waals surface area (Å²) in [4.78, 5) is 4.42. The fourth-order valence-electron chi connectivity index (χ4n) is 3.11. The maximum atomic E-state index is 13.1. The topological polar surface area (TPSA) is 116 Å². The van der Waals surface area contributed by atoms with Gasteiger partial charge in [0.05, 0.1) is 21.8 Å². The Kier molecular flexibility index (Phi) is 5.51. The number of nitrogens with zero attached hydrogens (tertiary/aromatic N) is 5. The number of halogens is 1. The number of aromatic nitrogens is 5. The summed E-state index contributed by atoms with van der Waals surface area (Å²) in [7, 11) is -2.19. The van der Waals surface area contributed by atoms with Gasteiger partial charge in [0.2, 0.25) is 11.6 Å². The van der Waals surface area contributed by atoms with Gasteiger partial charge in [-0.05, 0) is 29.2 Å². The number of pyridine rings is 1. The van der Waals surface area contributed by atoms with Gasteiger partial charge in [-0.2, -0.15) is 0 Å². The predicted octanol–water partition coefficient (Wildman–Crippen LogP) is 4.28. The van der Waals surface area contributed by atoms with Crippen molar-refractivity contribution in [1.82, 2.24) is 24.9 Å². The first-order valence-corrected chi connectivity index (χ1v) is 11.5. The van der Waals surface area contributed by atoms with Crippen LogP contribution in [0.15, 0.2) is 58.2 Å². The molecule has 0 fully saturated rings. The molecule has 0 saturated carbocycles. The second-order valence-electron chi connectivity index (χ2n) is 8.21. The minimum atomic E-state index is -3.91. The number of hydrogen-bond donors (Lipinski definition) is 1. The van der Waals surface area contributed by atoms with Crippen LogP contribution in [0.4, 0.5) is 5.69 Å². The molecule has 0 aliphatic rings. The second kappa shape index (κ2) is 8.03. The van der Waals surface area contributed by atoms with Crippen LogP contribution in [0.2, 0.25) is 5.02 Å². The average molecular weight is 473 g/mol. The van der Waals surface area contributed by atoms with Gasteiger partial charge in [-0.15, -0.1) is 10.2 Å². The van der Waals surface area contributed by atoms with Crippen LogP contribution < -0.4 is 4.72 Å². The monoisotopic (exact) mass is 472 g/mol. The Morgan fingerprint density at radius 1 is 1.06 bits per heavy atom. The van der Waals surface area contributed by atoms with Gasteiger partial charge in [-0.25, -0.2) is 13.4 Å². The Morgan fingerprint density at radius 2 is 1.75 bits per heavy atom. The number of nitrogens with one attached hydrogen (secondary N) is 1. The van der Waals surface area contributed by atoms with E-state index in [2.05, 4.69) is 45.8 Å². The average Bonchev–Trinajstić information content (AvgIpc) is 3.37. The largest absolute Gasteiger partial charge is 0.353 e. The normalized spacial score (nSPS) is 12.2. The first kappa shape index (κ1) is 22.0. The maximum absolute atomic E-state index is 13.1. The molecule has 3 aromatic heterocycles. The van der Waals surface area contributed by atoms with E-state index in [1.165, 1.54) is 18.5 Å². The van der Waals surface area contributed by atoms with Gasteiger partial charge in [0.1, 0.15) is 5.69 Å². The minimum absolute atomic E-state index is 0.0911. The third-order valence-corrected chi connectivity index (χ3v) is 6.46. The molecule has 0 radical (unpaired) electrons. The third kappa shape index (κ3) is 4.23. The Labute approximate surface area is 190 Å². The summed E-state index contributed by atoms with van der Waals surface area (Å²) >= 11 is 6.11. The first-order valence-electron chi connectivity index (χ1n) is 9.66. The van der Waals surface area contributed by atoms with E-state index in [1.807, 2.05) is 0 Å². The fraction of sp³-hybridized carbons (Fsp3) is 0.238. The van der Waals surface area contributed by atoms with E-state index >= 15 is 0 Å². The molecule has 3 heterocycles. The molecular weight excluding hydrogens is 452 g/mol. The minimum Gasteiger partial charge on any atom is -0.353 e. The number of anilines is 1. The number of rotatable bonds is 5. The van der Waals surface area contributed by atoms with Crippen LogP contribution >= 0.6 is 11.6 Å². The van der Waals surface area contributed by atoms with Gasteiger partial charge in [0.15, 0.2) is 5.82 Å². The molecule has 166 valence electrons. The standard InChI is InChI=1S/C21H21ClN6O3S/c1-21(2,3)13-5-7-15(8-6-13)32(29,30)27-16-11-14(22)12-23-18(16)20-26-25-19(28(20)4)17-9-10-24-31-17/h5-12,27H,1-4H3. The molecular formula is C21H21ClN6O3S. The van der Waals surface area contributed by atoms with Crippen LogP contribution in [0, 0.1) is 0 Å². The van der Waals surface area contributed by atoms with Gasteiger partial charge in [0.25, 0.3) is 10.0 Å². The molecule has 0 aliphatic heterocycles. The molecule has 0 aliphatic carbocycles. The zero-order valence-corrected chi connectivity index (χ0v) is 19.4. The molecule has 0 bridgehead atoms. The number of benzene rings is 1. The zero-order valence-electron chi connectivity index (χ0n) is 17.9. The first-order chi connectivity index (χ1) is 15.1. The summed E-state index contributed by atoms with van der Waals surface area (Å²) in [6.45, 7) is 6.19. The summed E-state index contributed by atoms with van der Waals surface area (Å²) in [5.74, 6) is 1.16. The van der Waals surface area contributed by atoms with Gasteiger partial charge in [-0.3, -0.25) is 4.72 Å². The number of hydrogen-bond acceptors (Lipinski definition) is 7. The van der Waals surface area contributed by atoms with Gasteiger partial charge in [0, 0.05) is 19.3 Å². The van der Waals surface area contributed by atoms with E-state index in [0.717, 1.165) is 5.56 Å². The van der Waals surface area contributed by atoms with Crippen molar-refractivity contribution in [3.63, 3.8) is 0 Å². The highest BCUT2D eigenvalue weighted by atomic mass is 35.5. The van der Waals surface area contributed by atoms with E-state index < -0.39 is 10.0 Å². The van der Waals surface area contributed by atoms with E-state index in [9.17, 15) is 8.42 Å². The molecule has 4 rings (SSSR count). The van der Waals surface area contributed by atoms with E-state index in [4.69, 9.17) is 16.1 Å². The van der Waals surface area contributed by atoms with Crippen LogP contribution in [-0.4, -0.2) is 33.3 Å². The molecule has 0 saturated heterocycles. The van der Waals surface area contributed by atoms with Crippen molar-refractivity contribution in [2.24, 2.45) is 7.05 Å². The van der Waals surface area contributed by atoms with Crippen molar-refractivity contribution in [2.75, 3.05) is 4.72 Å². The molecule has 0 amide bonds. The van der Waals surface area contributed by atoms with Crippen LogP contribution in [0.3, 0.4) is 0 Å². The lowest BCUT2D eigenvalue weighted by Gasteiger charge is -2.19. The molecule has 9 nitrogen and oxygen atoms in total. The zero-order chi connectivity index (χ0) is 23.1. The molecule has 4 aromatic rings. The molecule has 32 heavy (non-hydrogen) atoms. The van der Waals surface area contributed by atoms with Crippen molar-refractivity contribution in [3.8, 4) is 23.1 Å². The van der Waals surface area contributed by atoms with E-state index in [1.54, 1.807) is 41.9 Å². The van der Waals surface area contributed by atoms with Crippen molar-refractivity contribution < 1.29 is 12.9 Å². The molecule has 0 spiro atoms. The Morgan fingerprint density at radius 3 is 2.38 bits per heavy atom. The summed E-state index contributed by atoms with van der Waals surface area (Å²) in [5, 5.41) is 12.2. The smallest absolute Gasteiger partial charge is 0.261 e. The summed E-state index contributed by atoms with van der Waals surface area (Å²) in [6.07, 6.45) is 2.91. The summed E-state index contributed by atoms with van der Waals surface area (Å²) < 4.78 is 35.5. The molecule has 0 unspecified atom stereocenters. The quantitative estimate of drug-likeness (QED) is 0.460. The van der Waals surface area contributed by atoms with Crippen LogP contribution in [0.5, 0.6) is 0 Å². The predicted molar refractivity (Wildman–Crippen MR) is 121 cm³/mol. The summed E-state index contributed by atoms with van der Waals surface area (Å²) in [6, 6.07) is 9.88. The third-order valence-electron chi connectivity index (χ3n) is 4.87. The molecule has 1 N–H and O–H groups in total. The highest BCUT2D eigenvalue weighted by Crippen LogP contribution is 2.31. The Bertz CT molecular complexity index is 1360. The van der Waals surface area contributed by atoms with Crippen molar-refractivity contribution in [3.05, 3.63) is 59.4 Å². The lowest BCUT2D eigenvalue weighted by molar-refractivity contribution is 0.428. The van der Waals surface area contributed by atoms with Crippen molar-refractivity contribution in [1.29, 1.82) is 0 Å². The lowest BCUT2D eigenvalue weighted by atomic mass is 9.87. The summed E-state index contributed by atoms with van der Waals surface area (Å²) in [5.41, 5.74) is 1.38. The van der Waals surface area contributed by atoms with E-state index in [-0.39, 0.29) is 26.7 Å². The van der Waals surface area contributed by atoms with Gasteiger partial charge < -0.3 is 9.09 Å². The molecule has 11 heteroatoms. The molecule has 0 atom stereocenters. The van der Waals surface area contributed by atoms with Gasteiger partial charge in [-0.1, -0.05) is 49.7 Å².